The van der Waals surface area contributed by atoms with Gasteiger partial charge in [0.2, 0.25) is 0 Å². The van der Waals surface area contributed by atoms with Gasteiger partial charge in [-0.25, -0.2) is 15.0 Å². The van der Waals surface area contributed by atoms with Crippen molar-refractivity contribution < 1.29 is 0 Å². The lowest BCUT2D eigenvalue weighted by atomic mass is 9.82. The van der Waals surface area contributed by atoms with Crippen LogP contribution in [0.4, 0.5) is 0 Å². The molecule has 0 fully saturated rings. The van der Waals surface area contributed by atoms with Crippen LogP contribution in [0.1, 0.15) is 25.0 Å². The fourth-order valence-corrected chi connectivity index (χ4v) is 5.19. The van der Waals surface area contributed by atoms with Crippen LogP contribution < -0.4 is 0 Å². The van der Waals surface area contributed by atoms with Crippen molar-refractivity contribution >= 4 is 27.0 Å². The first-order valence-electron chi connectivity index (χ1n) is 10.7. The van der Waals surface area contributed by atoms with E-state index in [-0.39, 0.29) is 5.41 Å². The Morgan fingerprint density at radius 1 is 0.719 bits per heavy atom. The van der Waals surface area contributed by atoms with Crippen LogP contribution in [0.25, 0.3) is 44.8 Å². The third-order valence-corrected chi connectivity index (χ3v) is 6.90. The van der Waals surface area contributed by atoms with Gasteiger partial charge in [0.25, 0.3) is 0 Å². The third-order valence-electron chi connectivity index (χ3n) is 6.41. The fourth-order valence-electron chi connectivity index (χ4n) is 4.79. The molecule has 32 heavy (non-hydrogen) atoms. The van der Waals surface area contributed by atoms with Gasteiger partial charge < -0.3 is 0 Å². The van der Waals surface area contributed by atoms with Crippen LogP contribution >= 0.6 is 15.9 Å². The topological polar surface area (TPSA) is 38.7 Å². The standard InChI is InChI=1S/C28H20BrN3/c1-28(2)23-11-4-3-9-20(23)21-13-12-17(16-24(21)28)25-22-10-6-14-30-27(22)32-26(31-25)18-7-5-8-19(29)15-18/h3-16H,1-2H3. The first-order chi connectivity index (χ1) is 15.5. The summed E-state index contributed by atoms with van der Waals surface area (Å²) in [5, 5.41) is 0.958. The maximum Gasteiger partial charge on any atom is 0.163 e. The zero-order valence-electron chi connectivity index (χ0n) is 17.8. The van der Waals surface area contributed by atoms with Crippen LogP contribution in [0.2, 0.25) is 0 Å². The quantitative estimate of drug-likeness (QED) is 0.265. The van der Waals surface area contributed by atoms with Gasteiger partial charge in [-0.05, 0) is 52.6 Å². The van der Waals surface area contributed by atoms with Crippen molar-refractivity contribution in [2.75, 3.05) is 0 Å². The van der Waals surface area contributed by atoms with Gasteiger partial charge in [0.15, 0.2) is 11.5 Å². The van der Waals surface area contributed by atoms with Crippen LogP contribution in [-0.4, -0.2) is 15.0 Å². The zero-order chi connectivity index (χ0) is 21.9. The predicted octanol–water partition coefficient (Wildman–Crippen LogP) is 7.43. The Kier molecular flexibility index (Phi) is 4.27. The van der Waals surface area contributed by atoms with Crippen LogP contribution in [-0.2, 0) is 5.41 Å². The molecule has 3 aromatic carbocycles. The Morgan fingerprint density at radius 2 is 1.56 bits per heavy atom. The molecule has 2 heterocycles. The number of fused-ring (bicyclic) bond motifs is 4. The molecule has 1 aliphatic carbocycles. The molecular formula is C28H20BrN3. The summed E-state index contributed by atoms with van der Waals surface area (Å²) in [7, 11) is 0. The minimum atomic E-state index is -0.0594. The van der Waals surface area contributed by atoms with Crippen molar-refractivity contribution in [3.05, 3.63) is 101 Å². The highest BCUT2D eigenvalue weighted by Gasteiger charge is 2.35. The minimum Gasteiger partial charge on any atom is -0.236 e. The molecule has 0 atom stereocenters. The molecule has 1 aliphatic rings. The number of rotatable bonds is 2. The van der Waals surface area contributed by atoms with E-state index in [9.17, 15) is 0 Å². The maximum absolute atomic E-state index is 5.03. The summed E-state index contributed by atoms with van der Waals surface area (Å²) < 4.78 is 0.998. The lowest BCUT2D eigenvalue weighted by Gasteiger charge is -2.22. The molecule has 6 rings (SSSR count). The van der Waals surface area contributed by atoms with Crippen LogP contribution in [0.3, 0.4) is 0 Å². The third kappa shape index (κ3) is 2.90. The molecule has 0 saturated heterocycles. The smallest absolute Gasteiger partial charge is 0.163 e. The Balaban J connectivity index is 1.59. The number of aromatic nitrogens is 3. The average molecular weight is 478 g/mol. The van der Waals surface area contributed by atoms with Gasteiger partial charge in [0, 0.05) is 32.6 Å². The summed E-state index contributed by atoms with van der Waals surface area (Å²) in [6.07, 6.45) is 1.78. The summed E-state index contributed by atoms with van der Waals surface area (Å²) >= 11 is 3.56. The summed E-state index contributed by atoms with van der Waals surface area (Å²) in [5.41, 5.74) is 8.93. The van der Waals surface area contributed by atoms with Gasteiger partial charge >= 0.3 is 0 Å². The van der Waals surface area contributed by atoms with Gasteiger partial charge in [-0.1, -0.05) is 78.3 Å². The SMILES string of the molecule is CC1(C)c2ccccc2-c2ccc(-c3nc(-c4cccc(Br)c4)nc4ncccc34)cc21. The van der Waals surface area contributed by atoms with E-state index in [1.807, 2.05) is 30.3 Å². The zero-order valence-corrected chi connectivity index (χ0v) is 19.4. The van der Waals surface area contributed by atoms with Gasteiger partial charge in [0.1, 0.15) is 0 Å². The highest BCUT2D eigenvalue weighted by atomic mass is 79.9. The van der Waals surface area contributed by atoms with E-state index in [1.165, 1.54) is 22.3 Å². The number of nitrogens with zero attached hydrogens (tertiary/aromatic N) is 3. The summed E-state index contributed by atoms with van der Waals surface area (Å²) in [5.74, 6) is 0.676. The molecule has 3 nitrogen and oxygen atoms in total. The Morgan fingerprint density at radius 3 is 2.44 bits per heavy atom. The van der Waals surface area contributed by atoms with Gasteiger partial charge in [-0.3, -0.25) is 0 Å². The predicted molar refractivity (Wildman–Crippen MR) is 133 cm³/mol. The molecule has 4 heteroatoms. The van der Waals surface area contributed by atoms with E-state index in [2.05, 4.69) is 83.3 Å². The second kappa shape index (κ2) is 7.07. The number of halogens is 1. The number of hydrogen-bond acceptors (Lipinski definition) is 3. The summed E-state index contributed by atoms with van der Waals surface area (Å²) in [4.78, 5) is 14.3. The molecule has 0 bridgehead atoms. The summed E-state index contributed by atoms with van der Waals surface area (Å²) in [6, 6.07) is 27.5. The van der Waals surface area contributed by atoms with Crippen molar-refractivity contribution in [3.8, 4) is 33.8 Å². The van der Waals surface area contributed by atoms with E-state index < -0.39 is 0 Å². The van der Waals surface area contributed by atoms with Gasteiger partial charge in [-0.15, -0.1) is 0 Å². The monoisotopic (exact) mass is 477 g/mol. The van der Waals surface area contributed by atoms with E-state index in [0.717, 1.165) is 26.7 Å². The average Bonchev–Trinajstić information content (AvgIpc) is 3.05. The van der Waals surface area contributed by atoms with Gasteiger partial charge in [-0.2, -0.15) is 0 Å². The Hall–Kier alpha value is -3.37. The molecule has 5 aromatic rings. The molecular weight excluding hydrogens is 458 g/mol. The molecule has 0 radical (unpaired) electrons. The van der Waals surface area contributed by atoms with Crippen molar-refractivity contribution in [2.45, 2.75) is 19.3 Å². The van der Waals surface area contributed by atoms with E-state index >= 15 is 0 Å². The lowest BCUT2D eigenvalue weighted by molar-refractivity contribution is 0.660. The Bertz CT molecular complexity index is 1520. The van der Waals surface area contributed by atoms with Crippen molar-refractivity contribution in [2.24, 2.45) is 0 Å². The highest BCUT2D eigenvalue weighted by molar-refractivity contribution is 9.10. The first kappa shape index (κ1) is 19.3. The molecule has 2 aromatic heterocycles. The second-order valence-electron chi connectivity index (χ2n) is 8.71. The van der Waals surface area contributed by atoms with Gasteiger partial charge in [0.05, 0.1) is 5.69 Å². The Labute approximate surface area is 195 Å². The van der Waals surface area contributed by atoms with Crippen LogP contribution in [0.5, 0.6) is 0 Å². The maximum atomic E-state index is 5.03. The van der Waals surface area contributed by atoms with E-state index in [1.54, 1.807) is 6.20 Å². The normalized spacial score (nSPS) is 13.7. The fraction of sp³-hybridized carbons (Fsp3) is 0.107. The summed E-state index contributed by atoms with van der Waals surface area (Å²) in [6.45, 7) is 4.60. The largest absolute Gasteiger partial charge is 0.236 e. The molecule has 0 spiro atoms. The first-order valence-corrected chi connectivity index (χ1v) is 11.5. The molecule has 0 amide bonds. The lowest BCUT2D eigenvalue weighted by Crippen LogP contribution is -2.15. The van der Waals surface area contributed by atoms with Crippen LogP contribution in [0, 0.1) is 0 Å². The molecule has 0 unspecified atom stereocenters. The van der Waals surface area contributed by atoms with Crippen LogP contribution in [0.15, 0.2) is 89.5 Å². The molecule has 154 valence electrons. The second-order valence-corrected chi connectivity index (χ2v) is 9.63. The van der Waals surface area contributed by atoms with Crippen molar-refractivity contribution in [1.29, 1.82) is 0 Å². The van der Waals surface area contributed by atoms with E-state index in [4.69, 9.17) is 9.97 Å². The molecule has 0 saturated carbocycles. The number of benzene rings is 3. The molecule has 0 aliphatic heterocycles. The number of pyridine rings is 1. The van der Waals surface area contributed by atoms with Crippen molar-refractivity contribution in [3.63, 3.8) is 0 Å². The minimum absolute atomic E-state index is 0.0594. The molecule has 0 N–H and O–H groups in total. The highest BCUT2D eigenvalue weighted by Crippen LogP contribution is 2.49. The number of hydrogen-bond donors (Lipinski definition) is 0. The van der Waals surface area contributed by atoms with E-state index in [0.29, 0.717) is 11.5 Å². The van der Waals surface area contributed by atoms with Crippen molar-refractivity contribution in [1.82, 2.24) is 15.0 Å².